The Kier molecular flexibility index (Phi) is 8.76. The molecule has 1 aliphatic rings. The van der Waals surface area contributed by atoms with E-state index in [0.29, 0.717) is 12.0 Å². The van der Waals surface area contributed by atoms with Gasteiger partial charge in [-0.3, -0.25) is 4.99 Å². The second-order valence-electron chi connectivity index (χ2n) is 7.59. The third-order valence-electron chi connectivity index (χ3n) is 4.87. The molecule has 0 aliphatic carbocycles. The average Bonchev–Trinajstić information content (AvgIpc) is 3.10. The van der Waals surface area contributed by atoms with Gasteiger partial charge in [-0.05, 0) is 69.9 Å². The molecule has 0 amide bonds. The number of guanidine groups is 1. The molecule has 0 aromatic carbocycles. The van der Waals surface area contributed by atoms with Crippen LogP contribution >= 0.6 is 11.3 Å². The van der Waals surface area contributed by atoms with Gasteiger partial charge >= 0.3 is 0 Å². The summed E-state index contributed by atoms with van der Waals surface area (Å²) in [6.07, 6.45) is 3.76. The van der Waals surface area contributed by atoms with E-state index in [4.69, 9.17) is 4.99 Å². The molecular formula is C20H36N4S. The first-order valence-electron chi connectivity index (χ1n) is 9.87. The average molecular weight is 365 g/mol. The van der Waals surface area contributed by atoms with Crippen molar-refractivity contribution in [3.05, 3.63) is 22.4 Å². The standard InChI is InChI=1S/C20H36N4S/c1-5-21-20(22-13-17(4)12-19-9-7-11-25-19)23-14-18-8-6-10-24(15-18)16(2)3/h7,9,11,16-18H,5-6,8,10,12-15H2,1-4H3,(H2,21,22,23). The summed E-state index contributed by atoms with van der Waals surface area (Å²) in [5.41, 5.74) is 0. The molecule has 1 saturated heterocycles. The second kappa shape index (κ2) is 10.8. The Labute approximate surface area is 158 Å². The van der Waals surface area contributed by atoms with E-state index >= 15 is 0 Å². The molecule has 5 heteroatoms. The third kappa shape index (κ3) is 7.37. The van der Waals surface area contributed by atoms with E-state index < -0.39 is 0 Å². The van der Waals surface area contributed by atoms with Gasteiger partial charge in [0, 0.05) is 37.1 Å². The molecule has 1 aromatic heterocycles. The fraction of sp³-hybridized carbons (Fsp3) is 0.750. The van der Waals surface area contributed by atoms with E-state index in [2.05, 4.69) is 60.7 Å². The van der Waals surface area contributed by atoms with Crippen LogP contribution in [0.4, 0.5) is 0 Å². The lowest BCUT2D eigenvalue weighted by Gasteiger charge is -2.35. The molecule has 0 bridgehead atoms. The number of nitrogens with zero attached hydrogens (tertiary/aromatic N) is 2. The number of piperidine rings is 1. The number of thiophene rings is 1. The largest absolute Gasteiger partial charge is 0.357 e. The van der Waals surface area contributed by atoms with Gasteiger partial charge in [-0.1, -0.05) is 13.0 Å². The first kappa shape index (κ1) is 20.2. The summed E-state index contributed by atoms with van der Waals surface area (Å²) in [4.78, 5) is 8.87. The molecular weight excluding hydrogens is 328 g/mol. The van der Waals surface area contributed by atoms with Crippen molar-refractivity contribution in [2.24, 2.45) is 16.8 Å². The zero-order valence-electron chi connectivity index (χ0n) is 16.4. The SMILES string of the molecule is CCNC(=NCC(C)Cc1cccs1)NCC1CCCN(C(C)C)C1. The zero-order chi connectivity index (χ0) is 18.1. The lowest BCUT2D eigenvalue weighted by molar-refractivity contribution is 0.141. The third-order valence-corrected chi connectivity index (χ3v) is 5.77. The Balaban J connectivity index is 1.78. The van der Waals surface area contributed by atoms with E-state index in [1.165, 1.54) is 30.8 Å². The summed E-state index contributed by atoms with van der Waals surface area (Å²) in [5, 5.41) is 9.13. The maximum Gasteiger partial charge on any atom is 0.191 e. The summed E-state index contributed by atoms with van der Waals surface area (Å²) in [6.45, 7) is 14.3. The van der Waals surface area contributed by atoms with Crippen molar-refractivity contribution in [2.45, 2.75) is 53.0 Å². The van der Waals surface area contributed by atoms with E-state index in [9.17, 15) is 0 Å². The van der Waals surface area contributed by atoms with Crippen LogP contribution in [0.3, 0.4) is 0 Å². The highest BCUT2D eigenvalue weighted by Crippen LogP contribution is 2.18. The number of rotatable bonds is 8. The lowest BCUT2D eigenvalue weighted by Crippen LogP contribution is -2.46. The minimum Gasteiger partial charge on any atom is -0.357 e. The molecule has 2 heterocycles. The minimum atomic E-state index is 0.570. The molecule has 2 rings (SSSR count). The number of likely N-dealkylation sites (tertiary alicyclic amines) is 1. The topological polar surface area (TPSA) is 39.7 Å². The second-order valence-corrected chi connectivity index (χ2v) is 8.62. The summed E-state index contributed by atoms with van der Waals surface area (Å²) in [5.74, 6) is 2.27. The van der Waals surface area contributed by atoms with Gasteiger partial charge in [0.1, 0.15) is 0 Å². The van der Waals surface area contributed by atoms with Gasteiger partial charge in [-0.25, -0.2) is 0 Å². The smallest absolute Gasteiger partial charge is 0.191 e. The van der Waals surface area contributed by atoms with Gasteiger partial charge in [-0.2, -0.15) is 0 Å². The zero-order valence-corrected chi connectivity index (χ0v) is 17.2. The first-order chi connectivity index (χ1) is 12.1. The molecule has 4 nitrogen and oxygen atoms in total. The van der Waals surface area contributed by atoms with Gasteiger partial charge in [-0.15, -0.1) is 11.3 Å². The van der Waals surface area contributed by atoms with E-state index in [-0.39, 0.29) is 0 Å². The van der Waals surface area contributed by atoms with Crippen LogP contribution in [-0.2, 0) is 6.42 Å². The quantitative estimate of drug-likeness (QED) is 0.547. The number of aliphatic imine (C=N–C) groups is 1. The molecule has 0 spiro atoms. The number of hydrogen-bond acceptors (Lipinski definition) is 3. The number of hydrogen-bond donors (Lipinski definition) is 2. The normalized spacial score (nSPS) is 20.7. The maximum atomic E-state index is 4.82. The fourth-order valence-electron chi connectivity index (χ4n) is 3.40. The van der Waals surface area contributed by atoms with Crippen LogP contribution in [-0.4, -0.2) is 49.6 Å². The lowest BCUT2D eigenvalue weighted by atomic mass is 9.97. The Hall–Kier alpha value is -1.07. The van der Waals surface area contributed by atoms with Crippen LogP contribution in [0.5, 0.6) is 0 Å². The van der Waals surface area contributed by atoms with E-state index in [1.54, 1.807) is 0 Å². The van der Waals surface area contributed by atoms with E-state index in [1.807, 2.05) is 11.3 Å². The Morgan fingerprint density at radius 3 is 2.88 bits per heavy atom. The van der Waals surface area contributed by atoms with Gasteiger partial charge in [0.15, 0.2) is 5.96 Å². The summed E-state index contributed by atoms with van der Waals surface area (Å²) in [7, 11) is 0. The highest BCUT2D eigenvalue weighted by atomic mass is 32.1. The molecule has 2 unspecified atom stereocenters. The van der Waals surface area contributed by atoms with Crippen LogP contribution in [0, 0.1) is 11.8 Å². The fourth-order valence-corrected chi connectivity index (χ4v) is 4.27. The van der Waals surface area contributed by atoms with Gasteiger partial charge in [0.05, 0.1) is 0 Å². The predicted octanol–water partition coefficient (Wildman–Crippen LogP) is 3.60. The van der Waals surface area contributed by atoms with Crippen molar-refractivity contribution < 1.29 is 0 Å². The molecule has 2 N–H and O–H groups in total. The van der Waals surface area contributed by atoms with E-state index in [0.717, 1.165) is 37.9 Å². The summed E-state index contributed by atoms with van der Waals surface area (Å²) >= 11 is 1.84. The summed E-state index contributed by atoms with van der Waals surface area (Å²) < 4.78 is 0. The van der Waals surface area contributed by atoms with Crippen LogP contribution in [0.15, 0.2) is 22.5 Å². The van der Waals surface area contributed by atoms with Crippen LogP contribution in [0.25, 0.3) is 0 Å². The van der Waals surface area contributed by atoms with Crippen molar-refractivity contribution in [3.63, 3.8) is 0 Å². The van der Waals surface area contributed by atoms with Gasteiger partial charge in [0.25, 0.3) is 0 Å². The number of nitrogens with one attached hydrogen (secondary N) is 2. The molecule has 1 aromatic rings. The highest BCUT2D eigenvalue weighted by molar-refractivity contribution is 7.09. The molecule has 2 atom stereocenters. The maximum absolute atomic E-state index is 4.82. The Morgan fingerprint density at radius 1 is 1.36 bits per heavy atom. The predicted molar refractivity (Wildman–Crippen MR) is 111 cm³/mol. The molecule has 0 radical (unpaired) electrons. The van der Waals surface area contributed by atoms with Crippen molar-refractivity contribution >= 4 is 17.3 Å². The highest BCUT2D eigenvalue weighted by Gasteiger charge is 2.21. The van der Waals surface area contributed by atoms with Gasteiger partial charge < -0.3 is 15.5 Å². The Bertz CT molecular complexity index is 498. The molecule has 0 saturated carbocycles. The molecule has 142 valence electrons. The molecule has 1 fully saturated rings. The van der Waals surface area contributed by atoms with Crippen LogP contribution in [0.1, 0.15) is 45.4 Å². The van der Waals surface area contributed by atoms with Crippen molar-refractivity contribution in [2.75, 3.05) is 32.7 Å². The monoisotopic (exact) mass is 364 g/mol. The molecule has 1 aliphatic heterocycles. The minimum absolute atomic E-state index is 0.570. The van der Waals surface area contributed by atoms with Crippen LogP contribution < -0.4 is 10.6 Å². The first-order valence-corrected chi connectivity index (χ1v) is 10.7. The van der Waals surface area contributed by atoms with Crippen molar-refractivity contribution in [3.8, 4) is 0 Å². The summed E-state index contributed by atoms with van der Waals surface area (Å²) in [6, 6.07) is 5.01. The van der Waals surface area contributed by atoms with Gasteiger partial charge in [0.2, 0.25) is 0 Å². The Morgan fingerprint density at radius 2 is 2.20 bits per heavy atom. The van der Waals surface area contributed by atoms with Crippen molar-refractivity contribution in [1.82, 2.24) is 15.5 Å². The molecule has 25 heavy (non-hydrogen) atoms. The van der Waals surface area contributed by atoms with Crippen molar-refractivity contribution in [1.29, 1.82) is 0 Å². The van der Waals surface area contributed by atoms with Crippen LogP contribution in [0.2, 0.25) is 0 Å².